The van der Waals surface area contributed by atoms with E-state index >= 15 is 0 Å². The van der Waals surface area contributed by atoms with Crippen LogP contribution in [0, 0.1) is 0 Å². The van der Waals surface area contributed by atoms with Crippen molar-refractivity contribution in [3.63, 3.8) is 0 Å². The second-order valence-corrected chi connectivity index (χ2v) is 4.15. The molecule has 0 saturated carbocycles. The number of hydrogen-bond acceptors (Lipinski definition) is 3. The van der Waals surface area contributed by atoms with Crippen molar-refractivity contribution in [2.75, 3.05) is 7.11 Å². The molecule has 0 heterocycles. The van der Waals surface area contributed by atoms with Gasteiger partial charge in [-0.05, 0) is 18.1 Å². The molecule has 1 atom stereocenters. The molecule has 1 unspecified atom stereocenters. The summed E-state index contributed by atoms with van der Waals surface area (Å²) >= 11 is 0. The lowest BCUT2D eigenvalue weighted by Crippen LogP contribution is -2.23. The van der Waals surface area contributed by atoms with Gasteiger partial charge in [0.25, 0.3) is 0 Å². The highest BCUT2D eigenvalue weighted by Gasteiger charge is 2.31. The van der Waals surface area contributed by atoms with Crippen LogP contribution in [0.2, 0.25) is 0 Å². The molecular weight excluding hydrogens is 220 g/mol. The highest BCUT2D eigenvalue weighted by atomic mass is 16.5. The van der Waals surface area contributed by atoms with E-state index in [0.717, 1.165) is 11.1 Å². The third-order valence-corrected chi connectivity index (χ3v) is 3.13. The van der Waals surface area contributed by atoms with Crippen molar-refractivity contribution in [1.82, 2.24) is 0 Å². The minimum atomic E-state index is -0.956. The minimum absolute atomic E-state index is 0.00981. The Labute approximate surface area is 99.2 Å². The fourth-order valence-corrected chi connectivity index (χ4v) is 2.36. The number of ketones is 1. The number of carboxylic acid groups (broad SMARTS) is 1. The Morgan fingerprint density at radius 1 is 1.47 bits per heavy atom. The van der Waals surface area contributed by atoms with Gasteiger partial charge in [-0.15, -0.1) is 0 Å². The molecule has 1 aliphatic rings. The molecule has 0 saturated heterocycles. The monoisotopic (exact) mass is 234 g/mol. The van der Waals surface area contributed by atoms with Gasteiger partial charge in [0.2, 0.25) is 0 Å². The first-order chi connectivity index (χ1) is 8.13. The largest absolute Gasteiger partial charge is 0.496 e. The number of rotatable bonds is 3. The number of methoxy groups -OCH3 is 1. The quantitative estimate of drug-likeness (QED) is 0.865. The van der Waals surface area contributed by atoms with Gasteiger partial charge < -0.3 is 9.84 Å². The molecule has 1 aliphatic carbocycles. The van der Waals surface area contributed by atoms with Crippen LogP contribution < -0.4 is 4.74 Å². The lowest BCUT2D eigenvalue weighted by molar-refractivity contribution is -0.139. The number of Topliss-reactive ketones (excluding diaryl/α,β-unsaturated/α-hetero) is 1. The molecule has 1 N–H and O–H groups in total. The van der Waals surface area contributed by atoms with Crippen LogP contribution in [0.15, 0.2) is 18.2 Å². The van der Waals surface area contributed by atoms with Crippen molar-refractivity contribution in [3.05, 3.63) is 29.3 Å². The fraction of sp³-hybridized carbons (Fsp3) is 0.385. The van der Waals surface area contributed by atoms with Crippen molar-refractivity contribution < 1.29 is 19.4 Å². The molecule has 4 nitrogen and oxygen atoms in total. The van der Waals surface area contributed by atoms with Gasteiger partial charge >= 0.3 is 5.97 Å². The van der Waals surface area contributed by atoms with Gasteiger partial charge in [0, 0.05) is 12.0 Å². The summed E-state index contributed by atoms with van der Waals surface area (Å²) in [6, 6.07) is 5.57. The maximum atomic E-state index is 11.8. The smallest absolute Gasteiger partial charge is 0.304 e. The standard InChI is InChI=1S/C13H14O4/c1-17-11-4-2-3-8-5-6-10(14)9(13(8)11)7-12(15)16/h2-4,9H,5-7H2,1H3,(H,15,16). The average molecular weight is 234 g/mol. The van der Waals surface area contributed by atoms with Crippen molar-refractivity contribution >= 4 is 11.8 Å². The number of carbonyl (C=O) groups excluding carboxylic acids is 1. The van der Waals surface area contributed by atoms with Gasteiger partial charge in [0.05, 0.1) is 19.4 Å². The van der Waals surface area contributed by atoms with E-state index in [1.807, 2.05) is 12.1 Å². The Kier molecular flexibility index (Phi) is 3.13. The van der Waals surface area contributed by atoms with Crippen LogP contribution in [0.1, 0.15) is 29.9 Å². The zero-order valence-electron chi connectivity index (χ0n) is 9.60. The molecule has 0 fully saturated rings. The Morgan fingerprint density at radius 2 is 2.24 bits per heavy atom. The molecule has 0 bridgehead atoms. The van der Waals surface area contributed by atoms with Gasteiger partial charge in [-0.1, -0.05) is 12.1 Å². The second kappa shape index (κ2) is 4.57. The lowest BCUT2D eigenvalue weighted by atomic mass is 9.79. The normalized spacial score (nSPS) is 18.6. The first-order valence-corrected chi connectivity index (χ1v) is 5.53. The third-order valence-electron chi connectivity index (χ3n) is 3.13. The van der Waals surface area contributed by atoms with Gasteiger partial charge in [-0.25, -0.2) is 0 Å². The summed E-state index contributed by atoms with van der Waals surface area (Å²) in [5.41, 5.74) is 1.78. The zero-order chi connectivity index (χ0) is 12.4. The van der Waals surface area contributed by atoms with Crippen molar-refractivity contribution in [2.45, 2.75) is 25.2 Å². The number of hydrogen-bond donors (Lipinski definition) is 1. The average Bonchev–Trinajstić information content (AvgIpc) is 2.31. The summed E-state index contributed by atoms with van der Waals surface area (Å²) in [6.45, 7) is 0. The fourth-order valence-electron chi connectivity index (χ4n) is 2.36. The number of fused-ring (bicyclic) bond motifs is 1. The van der Waals surface area contributed by atoms with E-state index in [-0.39, 0.29) is 12.2 Å². The first-order valence-electron chi connectivity index (χ1n) is 5.53. The predicted octanol–water partition coefficient (Wildman–Crippen LogP) is 1.77. The van der Waals surface area contributed by atoms with Crippen molar-refractivity contribution in [2.24, 2.45) is 0 Å². The Balaban J connectivity index is 2.48. The van der Waals surface area contributed by atoms with E-state index in [4.69, 9.17) is 9.84 Å². The topological polar surface area (TPSA) is 63.6 Å². The third kappa shape index (κ3) is 2.16. The number of ether oxygens (including phenoxy) is 1. The summed E-state index contributed by atoms with van der Waals surface area (Å²) < 4.78 is 5.23. The maximum absolute atomic E-state index is 11.8. The molecule has 90 valence electrons. The van der Waals surface area contributed by atoms with Crippen LogP contribution in [0.4, 0.5) is 0 Å². The van der Waals surface area contributed by atoms with E-state index in [9.17, 15) is 9.59 Å². The van der Waals surface area contributed by atoms with E-state index in [0.29, 0.717) is 18.6 Å². The zero-order valence-corrected chi connectivity index (χ0v) is 9.60. The first kappa shape index (κ1) is 11.6. The lowest BCUT2D eigenvalue weighted by Gasteiger charge is -2.25. The molecule has 1 aromatic rings. The highest BCUT2D eigenvalue weighted by Crippen LogP contribution is 2.37. The van der Waals surface area contributed by atoms with Gasteiger partial charge in [-0.2, -0.15) is 0 Å². The van der Waals surface area contributed by atoms with Crippen molar-refractivity contribution in [1.29, 1.82) is 0 Å². The van der Waals surface area contributed by atoms with E-state index in [2.05, 4.69) is 0 Å². The molecule has 2 rings (SSSR count). The van der Waals surface area contributed by atoms with Crippen LogP contribution >= 0.6 is 0 Å². The molecular formula is C13H14O4. The van der Waals surface area contributed by atoms with Crippen LogP contribution in [-0.4, -0.2) is 24.0 Å². The second-order valence-electron chi connectivity index (χ2n) is 4.15. The molecule has 0 aromatic heterocycles. The van der Waals surface area contributed by atoms with Crippen LogP contribution in [0.5, 0.6) is 5.75 Å². The number of benzene rings is 1. The molecule has 0 aliphatic heterocycles. The predicted molar refractivity (Wildman–Crippen MR) is 61.3 cm³/mol. The van der Waals surface area contributed by atoms with Gasteiger partial charge in [0.15, 0.2) is 0 Å². The molecule has 0 spiro atoms. The van der Waals surface area contributed by atoms with Crippen LogP contribution in [-0.2, 0) is 16.0 Å². The summed E-state index contributed by atoms with van der Waals surface area (Å²) in [5.74, 6) is -0.916. The molecule has 0 radical (unpaired) electrons. The molecule has 0 amide bonds. The van der Waals surface area contributed by atoms with Gasteiger partial charge in [-0.3, -0.25) is 9.59 Å². The number of aliphatic carboxylic acids is 1. The van der Waals surface area contributed by atoms with E-state index < -0.39 is 11.9 Å². The highest BCUT2D eigenvalue weighted by molar-refractivity contribution is 5.92. The summed E-state index contributed by atoms with van der Waals surface area (Å²) in [6.07, 6.45) is 0.922. The molecule has 4 heteroatoms. The molecule has 1 aromatic carbocycles. The maximum Gasteiger partial charge on any atom is 0.304 e. The van der Waals surface area contributed by atoms with Gasteiger partial charge in [0.1, 0.15) is 11.5 Å². The van der Waals surface area contributed by atoms with Crippen LogP contribution in [0.25, 0.3) is 0 Å². The van der Waals surface area contributed by atoms with E-state index in [1.165, 1.54) is 7.11 Å². The number of carbonyl (C=O) groups is 2. The van der Waals surface area contributed by atoms with E-state index in [1.54, 1.807) is 6.07 Å². The Bertz CT molecular complexity index is 450. The number of carboxylic acids is 1. The van der Waals surface area contributed by atoms with Crippen LogP contribution in [0.3, 0.4) is 0 Å². The summed E-state index contributed by atoms with van der Waals surface area (Å²) in [4.78, 5) is 22.7. The number of aryl methyl sites for hydroxylation is 1. The van der Waals surface area contributed by atoms with Crippen molar-refractivity contribution in [3.8, 4) is 5.75 Å². The molecule has 17 heavy (non-hydrogen) atoms. The summed E-state index contributed by atoms with van der Waals surface area (Å²) in [7, 11) is 1.53. The summed E-state index contributed by atoms with van der Waals surface area (Å²) in [5, 5.41) is 8.88. The Morgan fingerprint density at radius 3 is 2.88 bits per heavy atom. The minimum Gasteiger partial charge on any atom is -0.496 e. The SMILES string of the molecule is COc1cccc2c1C(CC(=O)O)C(=O)CC2. The Hall–Kier alpha value is -1.84.